The van der Waals surface area contributed by atoms with Crippen LogP contribution in [-0.4, -0.2) is 68.6 Å². The van der Waals surface area contributed by atoms with Crippen molar-refractivity contribution in [3.63, 3.8) is 0 Å². The quantitative estimate of drug-likeness (QED) is 0.337. The van der Waals surface area contributed by atoms with Crippen molar-refractivity contribution in [2.75, 3.05) is 0 Å². The fraction of sp³-hybridized carbons (Fsp3) is 0.722. The molecule has 3 aliphatic rings. The van der Waals surface area contributed by atoms with Gasteiger partial charge in [-0.3, -0.25) is 4.79 Å². The van der Waals surface area contributed by atoms with E-state index in [0.29, 0.717) is 5.57 Å². The van der Waals surface area contributed by atoms with Crippen LogP contribution < -0.4 is 0 Å². The van der Waals surface area contributed by atoms with Crippen LogP contribution in [-0.2, 0) is 19.0 Å². The first kappa shape index (κ1) is 18.4. The summed E-state index contributed by atoms with van der Waals surface area (Å²) >= 11 is 0. The fourth-order valence-electron chi connectivity index (χ4n) is 3.75. The minimum atomic E-state index is -1.81. The van der Waals surface area contributed by atoms with Gasteiger partial charge in [-0.25, -0.2) is 0 Å². The van der Waals surface area contributed by atoms with E-state index < -0.39 is 53.3 Å². The lowest BCUT2D eigenvalue weighted by Gasteiger charge is -2.54. The molecule has 0 bridgehead atoms. The van der Waals surface area contributed by atoms with E-state index in [1.165, 1.54) is 6.92 Å². The van der Waals surface area contributed by atoms with Gasteiger partial charge < -0.3 is 29.5 Å². The van der Waals surface area contributed by atoms with Crippen LogP contribution in [0.3, 0.4) is 0 Å². The molecule has 2 aliphatic heterocycles. The predicted octanol–water partition coefficient (Wildman–Crippen LogP) is -0.331. The number of ether oxygens (including phenoxy) is 3. The molecule has 1 aliphatic carbocycles. The fourth-order valence-corrected chi connectivity index (χ4v) is 3.75. The van der Waals surface area contributed by atoms with Gasteiger partial charge in [0.1, 0.15) is 41.7 Å². The van der Waals surface area contributed by atoms with E-state index in [1.54, 1.807) is 20.8 Å². The van der Waals surface area contributed by atoms with Crippen LogP contribution in [0.2, 0.25) is 0 Å². The summed E-state index contributed by atoms with van der Waals surface area (Å²) in [5.74, 6) is 5.06. The number of carbonyl (C=O) groups excluding carboxylic acids is 1. The van der Waals surface area contributed by atoms with Crippen LogP contribution in [0.1, 0.15) is 34.1 Å². The van der Waals surface area contributed by atoms with Crippen LogP contribution in [0.25, 0.3) is 0 Å². The average molecular weight is 352 g/mol. The van der Waals surface area contributed by atoms with Gasteiger partial charge in [-0.15, -0.1) is 0 Å². The third kappa shape index (κ3) is 2.69. The highest BCUT2D eigenvalue weighted by Gasteiger charge is 2.78. The molecular weight excluding hydrogens is 328 g/mol. The summed E-state index contributed by atoms with van der Waals surface area (Å²) in [5.41, 5.74) is -3.42. The Morgan fingerprint density at radius 1 is 1.20 bits per heavy atom. The van der Waals surface area contributed by atoms with E-state index in [9.17, 15) is 20.1 Å². The SMILES string of the molecule is C=C(C)C#C[C@]12O[C@H]1[C@@H]1OC(C)(C)[C@H](OC(C)=O)C[C@@]1(O)[C@@H](O)[C@@H]2O. The molecule has 0 unspecified atom stereocenters. The maximum absolute atomic E-state index is 11.4. The number of fused-ring (bicyclic) bond motifs is 3. The third-order valence-corrected chi connectivity index (χ3v) is 5.20. The Bertz CT molecular complexity index is 675. The molecule has 3 fully saturated rings. The molecule has 7 heteroatoms. The van der Waals surface area contributed by atoms with Crippen molar-refractivity contribution in [1.82, 2.24) is 0 Å². The smallest absolute Gasteiger partial charge is 0.303 e. The normalized spacial score (nSPS) is 46.8. The zero-order valence-electron chi connectivity index (χ0n) is 14.8. The Hall–Kier alpha value is -1.43. The van der Waals surface area contributed by atoms with Gasteiger partial charge in [-0.1, -0.05) is 18.4 Å². The summed E-state index contributed by atoms with van der Waals surface area (Å²) in [6.07, 6.45) is -5.45. The molecule has 2 saturated heterocycles. The third-order valence-electron chi connectivity index (χ3n) is 5.20. The van der Waals surface area contributed by atoms with E-state index in [-0.39, 0.29) is 6.42 Å². The number of esters is 1. The van der Waals surface area contributed by atoms with Gasteiger partial charge in [0.15, 0.2) is 5.60 Å². The maximum Gasteiger partial charge on any atom is 0.303 e. The molecule has 2 heterocycles. The molecule has 138 valence electrons. The number of aliphatic hydroxyl groups excluding tert-OH is 2. The second kappa shape index (κ2) is 5.53. The van der Waals surface area contributed by atoms with Crippen molar-refractivity contribution in [3.05, 3.63) is 12.2 Å². The van der Waals surface area contributed by atoms with Gasteiger partial charge in [0, 0.05) is 13.3 Å². The van der Waals surface area contributed by atoms with Crippen LogP contribution >= 0.6 is 0 Å². The lowest BCUT2D eigenvalue weighted by Crippen LogP contribution is -2.73. The monoisotopic (exact) mass is 352 g/mol. The van der Waals surface area contributed by atoms with Crippen molar-refractivity contribution in [2.45, 2.75) is 81.4 Å². The molecule has 1 saturated carbocycles. The molecular formula is C18H24O7. The molecule has 3 rings (SSSR count). The molecule has 0 aromatic heterocycles. The second-order valence-electron chi connectivity index (χ2n) is 7.69. The van der Waals surface area contributed by atoms with Crippen molar-refractivity contribution in [2.24, 2.45) is 0 Å². The number of hydrogen-bond acceptors (Lipinski definition) is 7. The standard InChI is InChI=1S/C18H24O7/c1-9(2)6-7-18-13(21)12(20)17(22)8-11(23-10(3)19)16(4,5)24-14(17)15(18)25-18/h11-15,20-22H,1,8H2,2-5H3/t11-,12+,13+,14+,15+,17-,18-/m1/s1. The topological polar surface area (TPSA) is 109 Å². The van der Waals surface area contributed by atoms with Crippen LogP contribution in [0, 0.1) is 11.8 Å². The van der Waals surface area contributed by atoms with E-state index >= 15 is 0 Å². The largest absolute Gasteiger partial charge is 0.459 e. The molecule has 7 nitrogen and oxygen atoms in total. The molecule has 25 heavy (non-hydrogen) atoms. The number of aliphatic hydroxyl groups is 3. The van der Waals surface area contributed by atoms with Gasteiger partial charge in [0.25, 0.3) is 0 Å². The van der Waals surface area contributed by atoms with Crippen LogP contribution in [0.5, 0.6) is 0 Å². The zero-order valence-corrected chi connectivity index (χ0v) is 14.8. The summed E-state index contributed by atoms with van der Waals surface area (Å²) in [5, 5.41) is 32.2. The number of allylic oxidation sites excluding steroid dienone is 1. The molecule has 0 spiro atoms. The van der Waals surface area contributed by atoms with Gasteiger partial charge in [-0.05, 0) is 26.3 Å². The Kier molecular flexibility index (Phi) is 4.06. The molecule has 0 amide bonds. The highest BCUT2D eigenvalue weighted by atomic mass is 16.7. The summed E-state index contributed by atoms with van der Waals surface area (Å²) in [6.45, 7) is 10.1. The second-order valence-corrected chi connectivity index (χ2v) is 7.69. The minimum Gasteiger partial charge on any atom is -0.459 e. The zero-order chi connectivity index (χ0) is 18.8. The molecule has 0 aromatic carbocycles. The van der Waals surface area contributed by atoms with Crippen LogP contribution in [0.15, 0.2) is 12.2 Å². The van der Waals surface area contributed by atoms with Gasteiger partial charge in [-0.2, -0.15) is 0 Å². The predicted molar refractivity (Wildman–Crippen MR) is 86.3 cm³/mol. The first-order valence-corrected chi connectivity index (χ1v) is 8.24. The van der Waals surface area contributed by atoms with E-state index in [1.807, 2.05) is 0 Å². The van der Waals surface area contributed by atoms with Crippen molar-refractivity contribution < 1.29 is 34.3 Å². The summed E-state index contributed by atoms with van der Waals surface area (Å²) in [6, 6.07) is 0. The number of epoxide rings is 1. The minimum absolute atomic E-state index is 0.0771. The molecule has 0 radical (unpaired) electrons. The Morgan fingerprint density at radius 3 is 2.40 bits per heavy atom. The number of carbonyl (C=O) groups is 1. The first-order chi connectivity index (χ1) is 11.4. The van der Waals surface area contributed by atoms with Gasteiger partial charge in [0.2, 0.25) is 0 Å². The maximum atomic E-state index is 11.4. The summed E-state index contributed by atoms with van der Waals surface area (Å²) in [7, 11) is 0. The van der Waals surface area contributed by atoms with Gasteiger partial charge >= 0.3 is 5.97 Å². The van der Waals surface area contributed by atoms with Gasteiger partial charge in [0.05, 0.1) is 0 Å². The Labute approximate surface area is 146 Å². The Balaban J connectivity index is 1.95. The summed E-state index contributed by atoms with van der Waals surface area (Å²) in [4.78, 5) is 11.4. The number of rotatable bonds is 1. The van der Waals surface area contributed by atoms with Crippen molar-refractivity contribution in [1.29, 1.82) is 0 Å². The number of hydrogen-bond donors (Lipinski definition) is 3. The Morgan fingerprint density at radius 2 is 1.84 bits per heavy atom. The highest BCUT2D eigenvalue weighted by molar-refractivity contribution is 5.66. The van der Waals surface area contributed by atoms with Crippen molar-refractivity contribution >= 4 is 5.97 Å². The average Bonchev–Trinajstić information content (AvgIpc) is 3.22. The van der Waals surface area contributed by atoms with Crippen molar-refractivity contribution in [3.8, 4) is 11.8 Å². The lowest BCUT2D eigenvalue weighted by molar-refractivity contribution is -0.297. The van der Waals surface area contributed by atoms with E-state index in [4.69, 9.17) is 14.2 Å². The molecule has 0 aromatic rings. The van der Waals surface area contributed by atoms with E-state index in [0.717, 1.165) is 0 Å². The van der Waals surface area contributed by atoms with E-state index in [2.05, 4.69) is 18.4 Å². The molecule has 7 atom stereocenters. The summed E-state index contributed by atoms with van der Waals surface area (Å²) < 4.78 is 16.9. The highest BCUT2D eigenvalue weighted by Crippen LogP contribution is 2.56. The molecule has 3 N–H and O–H groups in total. The lowest BCUT2D eigenvalue weighted by atomic mass is 9.67. The first-order valence-electron chi connectivity index (χ1n) is 8.24. The van der Waals surface area contributed by atoms with Crippen LogP contribution in [0.4, 0.5) is 0 Å².